The Morgan fingerprint density at radius 2 is 1.94 bits per heavy atom. The molecule has 0 aliphatic carbocycles. The van der Waals surface area contributed by atoms with Crippen LogP contribution in [-0.2, 0) is 14.3 Å². The molecule has 0 rings (SSSR count). The zero-order chi connectivity index (χ0) is 13.3. The SMILES string of the molecule is CCOC(=O)CCNC(C)C(=O)NC(=O)NC. The normalized spacial score (nSPS) is 11.5. The summed E-state index contributed by atoms with van der Waals surface area (Å²) in [6.45, 7) is 3.99. The Morgan fingerprint density at radius 1 is 1.29 bits per heavy atom. The maximum absolute atomic E-state index is 11.4. The van der Waals surface area contributed by atoms with Crippen molar-refractivity contribution in [1.29, 1.82) is 0 Å². The predicted octanol–water partition coefficient (Wildman–Crippen LogP) is -0.627. The van der Waals surface area contributed by atoms with Crippen LogP contribution in [0, 0.1) is 0 Å². The number of hydrogen-bond donors (Lipinski definition) is 3. The highest BCUT2D eigenvalue weighted by atomic mass is 16.5. The fourth-order valence-corrected chi connectivity index (χ4v) is 0.999. The molecule has 1 atom stereocenters. The first-order valence-corrected chi connectivity index (χ1v) is 5.42. The predicted molar refractivity (Wildman–Crippen MR) is 61.3 cm³/mol. The minimum atomic E-state index is -0.561. The lowest BCUT2D eigenvalue weighted by Gasteiger charge is -2.12. The second-order valence-electron chi connectivity index (χ2n) is 3.30. The molecule has 0 aromatic rings. The van der Waals surface area contributed by atoms with Gasteiger partial charge in [-0.05, 0) is 13.8 Å². The topological polar surface area (TPSA) is 96.5 Å². The van der Waals surface area contributed by atoms with Crippen molar-refractivity contribution >= 4 is 17.9 Å². The highest BCUT2D eigenvalue weighted by molar-refractivity contribution is 5.96. The van der Waals surface area contributed by atoms with E-state index in [9.17, 15) is 14.4 Å². The summed E-state index contributed by atoms with van der Waals surface area (Å²) in [5, 5.41) is 7.20. The third kappa shape index (κ3) is 7.29. The molecule has 98 valence electrons. The van der Waals surface area contributed by atoms with Gasteiger partial charge in [0.1, 0.15) is 0 Å². The Labute approximate surface area is 100 Å². The molecule has 3 N–H and O–H groups in total. The van der Waals surface area contributed by atoms with Crippen molar-refractivity contribution in [2.24, 2.45) is 0 Å². The molecule has 0 aromatic carbocycles. The summed E-state index contributed by atoms with van der Waals surface area (Å²) in [4.78, 5) is 33.2. The molecule has 3 amide bonds. The smallest absolute Gasteiger partial charge is 0.321 e. The van der Waals surface area contributed by atoms with Crippen LogP contribution in [0.25, 0.3) is 0 Å². The Hall–Kier alpha value is -1.63. The zero-order valence-electron chi connectivity index (χ0n) is 10.3. The zero-order valence-corrected chi connectivity index (χ0v) is 10.3. The van der Waals surface area contributed by atoms with E-state index in [1.807, 2.05) is 0 Å². The summed E-state index contributed by atoms with van der Waals surface area (Å²) < 4.78 is 4.72. The van der Waals surface area contributed by atoms with Gasteiger partial charge in [-0.2, -0.15) is 0 Å². The fourth-order valence-electron chi connectivity index (χ4n) is 0.999. The Kier molecular flexibility index (Phi) is 7.70. The molecular formula is C10H19N3O4. The van der Waals surface area contributed by atoms with Gasteiger partial charge in [0.2, 0.25) is 5.91 Å². The Bertz CT molecular complexity index is 281. The van der Waals surface area contributed by atoms with Crippen molar-refractivity contribution in [3.05, 3.63) is 0 Å². The molecule has 0 aromatic heterocycles. The van der Waals surface area contributed by atoms with Crippen LogP contribution in [0.4, 0.5) is 4.79 Å². The van der Waals surface area contributed by atoms with Gasteiger partial charge in [-0.15, -0.1) is 0 Å². The van der Waals surface area contributed by atoms with Gasteiger partial charge in [-0.1, -0.05) is 0 Å². The van der Waals surface area contributed by atoms with E-state index in [-0.39, 0.29) is 12.4 Å². The van der Waals surface area contributed by atoms with Crippen molar-refractivity contribution in [2.75, 3.05) is 20.2 Å². The molecule has 0 spiro atoms. The monoisotopic (exact) mass is 245 g/mol. The lowest BCUT2D eigenvalue weighted by molar-refractivity contribution is -0.143. The van der Waals surface area contributed by atoms with Gasteiger partial charge in [-0.3, -0.25) is 14.9 Å². The van der Waals surface area contributed by atoms with Crippen LogP contribution in [0.5, 0.6) is 0 Å². The summed E-state index contributed by atoms with van der Waals surface area (Å²) in [5.74, 6) is -0.771. The third-order valence-electron chi connectivity index (χ3n) is 1.94. The van der Waals surface area contributed by atoms with E-state index in [1.54, 1.807) is 13.8 Å². The fraction of sp³-hybridized carbons (Fsp3) is 0.700. The number of urea groups is 1. The van der Waals surface area contributed by atoms with Gasteiger partial charge in [-0.25, -0.2) is 4.79 Å². The van der Waals surface area contributed by atoms with E-state index in [4.69, 9.17) is 4.74 Å². The van der Waals surface area contributed by atoms with Crippen molar-refractivity contribution in [3.63, 3.8) is 0 Å². The molecule has 0 fully saturated rings. The van der Waals surface area contributed by atoms with Crippen molar-refractivity contribution in [2.45, 2.75) is 26.3 Å². The highest BCUT2D eigenvalue weighted by Gasteiger charge is 2.14. The number of rotatable bonds is 6. The van der Waals surface area contributed by atoms with Gasteiger partial charge in [0.05, 0.1) is 19.1 Å². The number of amides is 3. The van der Waals surface area contributed by atoms with Gasteiger partial charge in [0, 0.05) is 13.6 Å². The Balaban J connectivity index is 3.78. The molecule has 1 unspecified atom stereocenters. The van der Waals surface area contributed by atoms with E-state index in [0.29, 0.717) is 13.2 Å². The summed E-state index contributed by atoms with van der Waals surface area (Å²) >= 11 is 0. The van der Waals surface area contributed by atoms with Crippen molar-refractivity contribution in [3.8, 4) is 0 Å². The molecule has 0 radical (unpaired) electrons. The molecule has 0 bridgehead atoms. The number of ether oxygens (including phenoxy) is 1. The summed E-state index contributed by atoms with van der Waals surface area (Å²) in [7, 11) is 1.42. The number of carbonyl (C=O) groups is 3. The molecule has 17 heavy (non-hydrogen) atoms. The van der Waals surface area contributed by atoms with Gasteiger partial charge in [0.15, 0.2) is 0 Å². The maximum atomic E-state index is 11.4. The number of esters is 1. The van der Waals surface area contributed by atoms with Gasteiger partial charge < -0.3 is 15.4 Å². The molecule has 0 saturated heterocycles. The second-order valence-corrected chi connectivity index (χ2v) is 3.30. The molecule has 7 heteroatoms. The number of imide groups is 1. The molecule has 0 heterocycles. The third-order valence-corrected chi connectivity index (χ3v) is 1.94. The first-order valence-electron chi connectivity index (χ1n) is 5.42. The molecule has 0 saturated carbocycles. The first kappa shape index (κ1) is 15.4. The van der Waals surface area contributed by atoms with Crippen LogP contribution in [0.3, 0.4) is 0 Å². The highest BCUT2D eigenvalue weighted by Crippen LogP contribution is 1.87. The molecule has 0 aliphatic rings. The summed E-state index contributed by atoms with van der Waals surface area (Å²) in [6.07, 6.45) is 0.186. The second kappa shape index (κ2) is 8.51. The summed E-state index contributed by atoms with van der Waals surface area (Å²) in [6, 6.07) is -1.12. The van der Waals surface area contributed by atoms with E-state index in [2.05, 4.69) is 16.0 Å². The number of nitrogens with one attached hydrogen (secondary N) is 3. The lowest BCUT2D eigenvalue weighted by atomic mass is 10.3. The lowest BCUT2D eigenvalue weighted by Crippen LogP contribution is -2.47. The van der Waals surface area contributed by atoms with Crippen LogP contribution in [0.2, 0.25) is 0 Å². The van der Waals surface area contributed by atoms with Gasteiger partial charge in [0.25, 0.3) is 0 Å². The average molecular weight is 245 g/mol. The van der Waals surface area contributed by atoms with E-state index >= 15 is 0 Å². The van der Waals surface area contributed by atoms with Crippen LogP contribution in [0.1, 0.15) is 20.3 Å². The van der Waals surface area contributed by atoms with E-state index in [0.717, 1.165) is 0 Å². The van der Waals surface area contributed by atoms with Crippen molar-refractivity contribution < 1.29 is 19.1 Å². The molecule has 7 nitrogen and oxygen atoms in total. The Morgan fingerprint density at radius 3 is 2.47 bits per heavy atom. The standard InChI is InChI=1S/C10H19N3O4/c1-4-17-8(14)5-6-12-7(2)9(15)13-10(16)11-3/h7,12H,4-6H2,1-3H3,(H2,11,13,15,16). The molecule has 0 aliphatic heterocycles. The minimum absolute atomic E-state index is 0.186. The number of carbonyl (C=O) groups excluding carboxylic acids is 3. The average Bonchev–Trinajstić information content (AvgIpc) is 2.28. The summed E-state index contributed by atoms with van der Waals surface area (Å²) in [5.41, 5.74) is 0. The van der Waals surface area contributed by atoms with Crippen molar-refractivity contribution in [1.82, 2.24) is 16.0 Å². The van der Waals surface area contributed by atoms with Crippen LogP contribution < -0.4 is 16.0 Å². The van der Waals surface area contributed by atoms with E-state index in [1.165, 1.54) is 7.05 Å². The minimum Gasteiger partial charge on any atom is -0.466 e. The van der Waals surface area contributed by atoms with Crippen LogP contribution in [0.15, 0.2) is 0 Å². The maximum Gasteiger partial charge on any atom is 0.321 e. The largest absolute Gasteiger partial charge is 0.466 e. The molecular weight excluding hydrogens is 226 g/mol. The van der Waals surface area contributed by atoms with Crippen LogP contribution in [-0.4, -0.2) is 44.1 Å². The van der Waals surface area contributed by atoms with Crippen LogP contribution >= 0.6 is 0 Å². The van der Waals surface area contributed by atoms with Gasteiger partial charge >= 0.3 is 12.0 Å². The quantitative estimate of drug-likeness (QED) is 0.542. The first-order chi connectivity index (χ1) is 8.01. The number of hydrogen-bond acceptors (Lipinski definition) is 5. The van der Waals surface area contributed by atoms with E-state index < -0.39 is 18.0 Å².